The van der Waals surface area contributed by atoms with Gasteiger partial charge in [-0.3, -0.25) is 0 Å². The molecule has 0 unspecified atom stereocenters. The minimum Gasteiger partial charge on any atom is -0.349 e. The van der Waals surface area contributed by atoms with Gasteiger partial charge in [0.25, 0.3) is 0 Å². The lowest BCUT2D eigenvalue weighted by molar-refractivity contribution is 0.377. The van der Waals surface area contributed by atoms with Gasteiger partial charge in [-0.1, -0.05) is 6.07 Å². The van der Waals surface area contributed by atoms with Crippen molar-refractivity contribution in [3.05, 3.63) is 23.4 Å². The quantitative estimate of drug-likeness (QED) is 0.798. The summed E-state index contributed by atoms with van der Waals surface area (Å²) in [6, 6.07) is 4.49. The minimum atomic E-state index is 0.165. The molecule has 17 heavy (non-hydrogen) atoms. The van der Waals surface area contributed by atoms with E-state index in [0.717, 1.165) is 31.9 Å². The summed E-state index contributed by atoms with van der Waals surface area (Å²) in [5.41, 5.74) is 2.96. The summed E-state index contributed by atoms with van der Waals surface area (Å²) in [4.78, 5) is 7.32. The van der Waals surface area contributed by atoms with Crippen LogP contribution < -0.4 is 10.2 Å². The highest BCUT2D eigenvalue weighted by Crippen LogP contribution is 2.27. The van der Waals surface area contributed by atoms with Crippen LogP contribution in [0.1, 0.15) is 31.5 Å². The van der Waals surface area contributed by atoms with Crippen molar-refractivity contribution in [3.8, 4) is 0 Å². The maximum atomic E-state index is 4.87. The molecule has 1 fully saturated rings. The van der Waals surface area contributed by atoms with Crippen molar-refractivity contribution >= 4 is 5.82 Å². The van der Waals surface area contributed by atoms with Gasteiger partial charge in [0.05, 0.1) is 0 Å². The van der Waals surface area contributed by atoms with E-state index in [-0.39, 0.29) is 5.54 Å². The fraction of sp³-hybridized carbons (Fsp3) is 0.643. The first-order valence-electron chi connectivity index (χ1n) is 6.64. The molecule has 3 nitrogen and oxygen atoms in total. The number of fused-ring (bicyclic) bond motifs is 1. The molecule has 1 aromatic heterocycles. The molecule has 0 saturated carbocycles. The molecule has 3 rings (SSSR count). The first kappa shape index (κ1) is 11.0. The van der Waals surface area contributed by atoms with E-state index in [1.54, 1.807) is 0 Å². The van der Waals surface area contributed by atoms with Crippen molar-refractivity contribution in [1.82, 2.24) is 10.3 Å². The standard InChI is InChI=1S/C14H21N3/c1-14(2)10-15-8-9-17(14)13-7-6-11-4-3-5-12(11)16-13/h6-7,15H,3-5,8-10H2,1-2H3. The number of hydrogen-bond acceptors (Lipinski definition) is 3. The van der Waals surface area contributed by atoms with Crippen LogP contribution in [0.3, 0.4) is 0 Å². The number of anilines is 1. The van der Waals surface area contributed by atoms with E-state index in [9.17, 15) is 0 Å². The Kier molecular flexibility index (Phi) is 2.58. The van der Waals surface area contributed by atoms with Crippen LogP contribution in [0.4, 0.5) is 5.82 Å². The van der Waals surface area contributed by atoms with Crippen molar-refractivity contribution in [2.24, 2.45) is 0 Å². The second-order valence-electron chi connectivity index (χ2n) is 5.77. The Balaban J connectivity index is 1.93. The van der Waals surface area contributed by atoms with Gasteiger partial charge in [0.2, 0.25) is 0 Å². The van der Waals surface area contributed by atoms with Crippen LogP contribution in [0.15, 0.2) is 12.1 Å². The predicted octanol–water partition coefficient (Wildman–Crippen LogP) is 1.76. The molecule has 1 aliphatic carbocycles. The van der Waals surface area contributed by atoms with Crippen LogP contribution in [-0.4, -0.2) is 30.2 Å². The number of pyridine rings is 1. The van der Waals surface area contributed by atoms with Gasteiger partial charge in [-0.15, -0.1) is 0 Å². The zero-order chi connectivity index (χ0) is 11.9. The lowest BCUT2D eigenvalue weighted by atomic mass is 10.00. The smallest absolute Gasteiger partial charge is 0.129 e. The average molecular weight is 231 g/mol. The topological polar surface area (TPSA) is 28.2 Å². The molecule has 1 saturated heterocycles. The molecule has 0 bridgehead atoms. The summed E-state index contributed by atoms with van der Waals surface area (Å²) < 4.78 is 0. The molecule has 1 aliphatic heterocycles. The Labute approximate surface area is 103 Å². The van der Waals surface area contributed by atoms with Gasteiger partial charge in [0.15, 0.2) is 0 Å². The first-order valence-corrected chi connectivity index (χ1v) is 6.64. The Morgan fingerprint density at radius 2 is 2.18 bits per heavy atom. The molecule has 2 heterocycles. The summed E-state index contributed by atoms with van der Waals surface area (Å²) in [7, 11) is 0. The van der Waals surface area contributed by atoms with Crippen LogP contribution >= 0.6 is 0 Å². The third kappa shape index (κ3) is 1.93. The van der Waals surface area contributed by atoms with Gasteiger partial charge in [0.1, 0.15) is 5.82 Å². The van der Waals surface area contributed by atoms with E-state index < -0.39 is 0 Å². The Morgan fingerprint density at radius 1 is 1.29 bits per heavy atom. The number of aromatic nitrogens is 1. The van der Waals surface area contributed by atoms with E-state index in [1.807, 2.05) is 0 Å². The summed E-state index contributed by atoms with van der Waals surface area (Å²) in [5, 5.41) is 3.46. The number of piperazine rings is 1. The van der Waals surface area contributed by atoms with Crippen LogP contribution in [0.2, 0.25) is 0 Å². The number of hydrogen-bond donors (Lipinski definition) is 1. The van der Waals surface area contributed by atoms with Crippen molar-refractivity contribution < 1.29 is 0 Å². The van der Waals surface area contributed by atoms with Gasteiger partial charge >= 0.3 is 0 Å². The summed E-state index contributed by atoms with van der Waals surface area (Å²) in [5.74, 6) is 1.16. The second kappa shape index (κ2) is 3.98. The fourth-order valence-electron chi connectivity index (χ4n) is 2.97. The molecule has 3 heteroatoms. The SMILES string of the molecule is CC1(C)CNCCN1c1ccc2c(n1)CCC2. The van der Waals surface area contributed by atoms with Gasteiger partial charge in [-0.05, 0) is 44.7 Å². The van der Waals surface area contributed by atoms with E-state index >= 15 is 0 Å². The van der Waals surface area contributed by atoms with Crippen molar-refractivity contribution in [1.29, 1.82) is 0 Å². The zero-order valence-corrected chi connectivity index (χ0v) is 10.8. The van der Waals surface area contributed by atoms with Crippen molar-refractivity contribution in [3.63, 3.8) is 0 Å². The van der Waals surface area contributed by atoms with Gasteiger partial charge < -0.3 is 10.2 Å². The van der Waals surface area contributed by atoms with Gasteiger partial charge in [0, 0.05) is 30.9 Å². The monoisotopic (exact) mass is 231 g/mol. The molecular formula is C14H21N3. The van der Waals surface area contributed by atoms with Crippen molar-refractivity contribution in [2.75, 3.05) is 24.5 Å². The van der Waals surface area contributed by atoms with Crippen LogP contribution in [-0.2, 0) is 12.8 Å². The third-order valence-electron chi connectivity index (χ3n) is 3.99. The normalized spacial score (nSPS) is 22.6. The maximum Gasteiger partial charge on any atom is 0.129 e. The summed E-state index contributed by atoms with van der Waals surface area (Å²) in [6.07, 6.45) is 3.65. The third-order valence-corrected chi connectivity index (χ3v) is 3.99. The molecule has 0 radical (unpaired) electrons. The molecule has 0 aromatic carbocycles. The van der Waals surface area contributed by atoms with E-state index in [4.69, 9.17) is 4.98 Å². The highest BCUT2D eigenvalue weighted by molar-refractivity contribution is 5.46. The molecule has 2 aliphatic rings. The van der Waals surface area contributed by atoms with Crippen LogP contribution in [0.25, 0.3) is 0 Å². The Hall–Kier alpha value is -1.09. The van der Waals surface area contributed by atoms with Gasteiger partial charge in [-0.2, -0.15) is 0 Å². The summed E-state index contributed by atoms with van der Waals surface area (Å²) in [6.45, 7) is 7.72. The number of aryl methyl sites for hydroxylation is 2. The maximum absolute atomic E-state index is 4.87. The number of rotatable bonds is 1. The lowest BCUT2D eigenvalue weighted by Crippen LogP contribution is -2.58. The van der Waals surface area contributed by atoms with Crippen LogP contribution in [0.5, 0.6) is 0 Å². The lowest BCUT2D eigenvalue weighted by Gasteiger charge is -2.43. The molecular weight excluding hydrogens is 210 g/mol. The van der Waals surface area contributed by atoms with E-state index in [1.165, 1.54) is 24.1 Å². The molecule has 0 atom stereocenters. The number of nitrogens with zero attached hydrogens (tertiary/aromatic N) is 2. The molecule has 1 N–H and O–H groups in total. The van der Waals surface area contributed by atoms with Gasteiger partial charge in [-0.25, -0.2) is 4.98 Å². The minimum absolute atomic E-state index is 0.165. The fourth-order valence-corrected chi connectivity index (χ4v) is 2.97. The molecule has 92 valence electrons. The first-order chi connectivity index (χ1) is 8.17. The molecule has 0 spiro atoms. The van der Waals surface area contributed by atoms with E-state index in [2.05, 4.69) is 36.2 Å². The highest BCUT2D eigenvalue weighted by Gasteiger charge is 2.30. The summed E-state index contributed by atoms with van der Waals surface area (Å²) >= 11 is 0. The number of nitrogens with one attached hydrogen (secondary N) is 1. The highest BCUT2D eigenvalue weighted by atomic mass is 15.3. The van der Waals surface area contributed by atoms with Crippen LogP contribution in [0, 0.1) is 0 Å². The van der Waals surface area contributed by atoms with Crippen molar-refractivity contribution in [2.45, 2.75) is 38.6 Å². The average Bonchev–Trinajstić information content (AvgIpc) is 2.75. The predicted molar refractivity (Wildman–Crippen MR) is 70.6 cm³/mol. The molecule has 0 amide bonds. The van der Waals surface area contributed by atoms with E-state index in [0.29, 0.717) is 0 Å². The Bertz CT molecular complexity index is 425. The zero-order valence-electron chi connectivity index (χ0n) is 10.8. The molecule has 1 aromatic rings. The Morgan fingerprint density at radius 3 is 3.00 bits per heavy atom. The largest absolute Gasteiger partial charge is 0.349 e. The second-order valence-corrected chi connectivity index (χ2v) is 5.77.